The Morgan fingerprint density at radius 1 is 1.38 bits per heavy atom. The Balaban J connectivity index is 2.42. The van der Waals surface area contributed by atoms with Gasteiger partial charge in [0, 0.05) is 6.07 Å². The second-order valence-electron chi connectivity index (χ2n) is 3.15. The van der Waals surface area contributed by atoms with Crippen LogP contribution in [0.4, 0.5) is 8.78 Å². The molecule has 1 aromatic heterocycles. The first-order chi connectivity index (χ1) is 7.58. The molecule has 7 heteroatoms. The van der Waals surface area contributed by atoms with Gasteiger partial charge in [-0.1, -0.05) is 0 Å². The average Bonchev–Trinajstić information content (AvgIpc) is 2.66. The van der Waals surface area contributed by atoms with Crippen molar-refractivity contribution < 1.29 is 8.78 Å². The van der Waals surface area contributed by atoms with Crippen LogP contribution in [0.1, 0.15) is 18.1 Å². The zero-order valence-electron chi connectivity index (χ0n) is 8.23. The zero-order chi connectivity index (χ0) is 11.7. The summed E-state index contributed by atoms with van der Waals surface area (Å²) >= 11 is 5.74. The van der Waals surface area contributed by atoms with Gasteiger partial charge in [0.25, 0.3) is 0 Å². The fraction of sp³-hybridized carbons (Fsp3) is 0.222. The maximum atomic E-state index is 13.3. The second-order valence-corrected chi connectivity index (χ2v) is 3.80. The molecule has 0 radical (unpaired) electrons. The van der Waals surface area contributed by atoms with E-state index in [4.69, 9.17) is 11.6 Å². The Labute approximate surface area is 94.8 Å². The minimum atomic E-state index is -0.758. The molecule has 2 rings (SSSR count). The van der Waals surface area contributed by atoms with Gasteiger partial charge in [-0.05, 0) is 24.3 Å². The third-order valence-corrected chi connectivity index (χ3v) is 2.11. The van der Waals surface area contributed by atoms with Crippen molar-refractivity contribution in [1.29, 1.82) is 0 Å². The molecule has 1 unspecified atom stereocenters. The van der Waals surface area contributed by atoms with Gasteiger partial charge in [0.05, 0.1) is 5.38 Å². The number of halogens is 3. The summed E-state index contributed by atoms with van der Waals surface area (Å²) in [6, 6.07) is 3.10. The lowest BCUT2D eigenvalue weighted by Crippen LogP contribution is -2.03. The SMILES string of the molecule is CC(Cl)c1nnn(-c2ccc(F)cc2F)n1. The summed E-state index contributed by atoms with van der Waals surface area (Å²) in [6.07, 6.45) is 0. The maximum absolute atomic E-state index is 13.3. The highest BCUT2D eigenvalue weighted by Crippen LogP contribution is 2.16. The smallest absolute Gasteiger partial charge is 0.192 e. The van der Waals surface area contributed by atoms with Crippen molar-refractivity contribution in [1.82, 2.24) is 20.2 Å². The van der Waals surface area contributed by atoms with E-state index in [-0.39, 0.29) is 11.5 Å². The van der Waals surface area contributed by atoms with Crippen molar-refractivity contribution in [3.8, 4) is 5.69 Å². The molecule has 0 spiro atoms. The molecular formula is C9H7ClF2N4. The minimum absolute atomic E-state index is 0.0254. The van der Waals surface area contributed by atoms with Crippen molar-refractivity contribution >= 4 is 11.6 Å². The first kappa shape index (κ1) is 10.9. The van der Waals surface area contributed by atoms with Crippen LogP contribution in [0, 0.1) is 11.6 Å². The van der Waals surface area contributed by atoms with E-state index in [1.165, 1.54) is 6.07 Å². The largest absolute Gasteiger partial charge is 0.207 e. The van der Waals surface area contributed by atoms with E-state index in [1.807, 2.05) is 0 Å². The molecule has 0 aliphatic heterocycles. The van der Waals surface area contributed by atoms with Crippen LogP contribution in [-0.2, 0) is 0 Å². The molecule has 0 saturated carbocycles. The van der Waals surface area contributed by atoms with Crippen molar-refractivity contribution in [3.05, 3.63) is 35.7 Å². The summed E-state index contributed by atoms with van der Waals surface area (Å²) in [5.74, 6) is -1.14. The Kier molecular flexibility index (Phi) is 2.82. The topological polar surface area (TPSA) is 43.6 Å². The number of benzene rings is 1. The van der Waals surface area contributed by atoms with Crippen LogP contribution in [0.2, 0.25) is 0 Å². The van der Waals surface area contributed by atoms with Gasteiger partial charge in [-0.15, -0.1) is 26.6 Å². The molecule has 84 valence electrons. The van der Waals surface area contributed by atoms with Gasteiger partial charge in [-0.2, -0.15) is 0 Å². The number of nitrogens with zero attached hydrogens (tertiary/aromatic N) is 4. The number of alkyl halides is 1. The van der Waals surface area contributed by atoms with Crippen molar-refractivity contribution in [2.24, 2.45) is 0 Å². The Bertz CT molecular complexity index is 512. The summed E-state index contributed by atoms with van der Waals surface area (Å²) in [5, 5.41) is 10.7. The number of aromatic nitrogens is 4. The molecule has 0 aliphatic rings. The number of hydrogen-bond acceptors (Lipinski definition) is 3. The fourth-order valence-electron chi connectivity index (χ4n) is 1.13. The number of tetrazole rings is 1. The molecule has 1 atom stereocenters. The van der Waals surface area contributed by atoms with Crippen LogP contribution in [0.5, 0.6) is 0 Å². The first-order valence-electron chi connectivity index (χ1n) is 4.47. The Hall–Kier alpha value is -1.56. The molecule has 4 nitrogen and oxygen atoms in total. The molecule has 0 fully saturated rings. The van der Waals surface area contributed by atoms with E-state index in [2.05, 4.69) is 15.4 Å². The van der Waals surface area contributed by atoms with Crippen LogP contribution in [0.3, 0.4) is 0 Å². The highest BCUT2D eigenvalue weighted by molar-refractivity contribution is 6.20. The van der Waals surface area contributed by atoms with Crippen molar-refractivity contribution in [3.63, 3.8) is 0 Å². The van der Waals surface area contributed by atoms with Crippen LogP contribution in [0.25, 0.3) is 5.69 Å². The summed E-state index contributed by atoms with van der Waals surface area (Å²) in [7, 11) is 0. The van der Waals surface area contributed by atoms with E-state index in [0.717, 1.165) is 16.9 Å². The molecule has 1 aromatic carbocycles. The van der Waals surface area contributed by atoms with E-state index >= 15 is 0 Å². The zero-order valence-corrected chi connectivity index (χ0v) is 8.99. The molecule has 2 aromatic rings. The van der Waals surface area contributed by atoms with Gasteiger partial charge in [0.15, 0.2) is 11.6 Å². The summed E-state index contributed by atoms with van der Waals surface area (Å²) in [5.41, 5.74) is 0.0254. The lowest BCUT2D eigenvalue weighted by molar-refractivity contribution is 0.562. The lowest BCUT2D eigenvalue weighted by atomic mass is 10.3. The van der Waals surface area contributed by atoms with Crippen LogP contribution >= 0.6 is 11.6 Å². The predicted molar refractivity (Wildman–Crippen MR) is 53.3 cm³/mol. The standard InChI is InChI=1S/C9H7ClF2N4/c1-5(10)9-13-15-16(14-9)8-3-2-6(11)4-7(8)12/h2-5H,1H3. The minimum Gasteiger partial charge on any atom is -0.207 e. The molecule has 0 N–H and O–H groups in total. The van der Waals surface area contributed by atoms with Crippen molar-refractivity contribution in [2.75, 3.05) is 0 Å². The third kappa shape index (κ3) is 2.01. The van der Waals surface area contributed by atoms with Gasteiger partial charge in [0.1, 0.15) is 11.5 Å². The number of hydrogen-bond donors (Lipinski definition) is 0. The fourth-order valence-corrected chi connectivity index (χ4v) is 1.22. The molecule has 0 saturated heterocycles. The number of rotatable bonds is 2. The Morgan fingerprint density at radius 3 is 2.69 bits per heavy atom. The van der Waals surface area contributed by atoms with Gasteiger partial charge in [-0.3, -0.25) is 0 Å². The summed E-state index contributed by atoms with van der Waals surface area (Å²) in [6.45, 7) is 1.67. The average molecular weight is 245 g/mol. The van der Waals surface area contributed by atoms with Gasteiger partial charge in [-0.25, -0.2) is 8.78 Å². The van der Waals surface area contributed by atoms with Crippen LogP contribution < -0.4 is 0 Å². The second kappa shape index (κ2) is 4.13. The highest BCUT2D eigenvalue weighted by atomic mass is 35.5. The van der Waals surface area contributed by atoms with E-state index in [9.17, 15) is 8.78 Å². The van der Waals surface area contributed by atoms with Crippen LogP contribution in [-0.4, -0.2) is 20.2 Å². The predicted octanol–water partition coefficient (Wildman–Crippen LogP) is 2.24. The summed E-state index contributed by atoms with van der Waals surface area (Å²) < 4.78 is 26.0. The molecule has 0 bridgehead atoms. The lowest BCUT2D eigenvalue weighted by Gasteiger charge is -1.99. The first-order valence-corrected chi connectivity index (χ1v) is 4.91. The monoisotopic (exact) mass is 244 g/mol. The van der Waals surface area contributed by atoms with Gasteiger partial charge < -0.3 is 0 Å². The molecule has 1 heterocycles. The Morgan fingerprint density at radius 2 is 2.12 bits per heavy atom. The van der Waals surface area contributed by atoms with E-state index in [0.29, 0.717) is 0 Å². The van der Waals surface area contributed by atoms with E-state index in [1.54, 1.807) is 6.92 Å². The van der Waals surface area contributed by atoms with Crippen LogP contribution in [0.15, 0.2) is 18.2 Å². The quantitative estimate of drug-likeness (QED) is 0.761. The molecule has 0 amide bonds. The van der Waals surface area contributed by atoms with Gasteiger partial charge >= 0.3 is 0 Å². The maximum Gasteiger partial charge on any atom is 0.192 e. The highest BCUT2D eigenvalue weighted by Gasteiger charge is 2.12. The van der Waals surface area contributed by atoms with Crippen molar-refractivity contribution in [2.45, 2.75) is 12.3 Å². The molecule has 16 heavy (non-hydrogen) atoms. The molecule has 0 aliphatic carbocycles. The molecular weight excluding hydrogens is 238 g/mol. The third-order valence-electron chi connectivity index (χ3n) is 1.91. The normalized spacial score (nSPS) is 12.8. The van der Waals surface area contributed by atoms with Gasteiger partial charge in [0.2, 0.25) is 0 Å². The summed E-state index contributed by atoms with van der Waals surface area (Å²) in [4.78, 5) is 0.975. The van der Waals surface area contributed by atoms with E-state index < -0.39 is 17.0 Å².